The standard InChI is InChI=1S/C39H53FN4O9/c1-8-12-13-14-15-19-30(41-36(49)53-38(5,6)7)33(46)43-23-27(52-37(50)42-22-25-17-16-18-29(40)28(25)24-42)20-31(43)34(47)44(32(45)10-3)39(21-26(39)9-2)35(48)51-11-4/h8-9,16-18,26-27,30-31H,1-2,10-15,19-24H2,3-7H3,(H,41,49)/t26-,27-,30?,31+,39-/m1/s1. The molecule has 1 unspecified atom stereocenters. The average molecular weight is 741 g/mol. The number of imide groups is 1. The molecule has 1 saturated carbocycles. The molecule has 0 aromatic heterocycles. The number of hydrogen-bond donors (Lipinski definition) is 1. The third-order valence-electron chi connectivity index (χ3n) is 9.74. The van der Waals surface area contributed by atoms with Crippen LogP contribution in [-0.4, -0.2) is 93.1 Å². The molecule has 5 amide bonds. The Kier molecular flexibility index (Phi) is 13.5. The van der Waals surface area contributed by atoms with E-state index in [1.165, 1.54) is 21.9 Å². The quantitative estimate of drug-likeness (QED) is 0.106. The molecule has 2 aliphatic heterocycles. The zero-order valence-electron chi connectivity index (χ0n) is 31.5. The van der Waals surface area contributed by atoms with Gasteiger partial charge in [0.25, 0.3) is 5.91 Å². The van der Waals surface area contributed by atoms with Gasteiger partial charge < -0.3 is 24.4 Å². The lowest BCUT2D eigenvalue weighted by Crippen LogP contribution is -2.59. The van der Waals surface area contributed by atoms with E-state index in [1.54, 1.807) is 52.8 Å². The molecule has 0 spiro atoms. The summed E-state index contributed by atoms with van der Waals surface area (Å²) in [5, 5.41) is 2.67. The van der Waals surface area contributed by atoms with Gasteiger partial charge in [-0.05, 0) is 65.0 Å². The topological polar surface area (TPSA) is 152 Å². The van der Waals surface area contributed by atoms with Gasteiger partial charge in [-0.15, -0.1) is 13.2 Å². The monoisotopic (exact) mass is 740 g/mol. The van der Waals surface area contributed by atoms with Gasteiger partial charge in [-0.2, -0.15) is 0 Å². The molecule has 1 aromatic rings. The number of esters is 1. The van der Waals surface area contributed by atoms with Crippen LogP contribution >= 0.6 is 0 Å². The molecule has 0 radical (unpaired) electrons. The lowest BCUT2D eigenvalue weighted by Gasteiger charge is -2.35. The molecule has 290 valence electrons. The number of nitrogens with zero attached hydrogens (tertiary/aromatic N) is 3. The fourth-order valence-corrected chi connectivity index (χ4v) is 7.05. The van der Waals surface area contributed by atoms with Gasteiger partial charge in [0.2, 0.25) is 11.8 Å². The van der Waals surface area contributed by atoms with E-state index in [1.807, 2.05) is 0 Å². The minimum absolute atomic E-state index is 0.00788. The van der Waals surface area contributed by atoms with Crippen LogP contribution in [0.25, 0.3) is 0 Å². The number of fused-ring (bicyclic) bond motifs is 1. The largest absolute Gasteiger partial charge is 0.464 e. The number of hydrogen-bond acceptors (Lipinski definition) is 9. The highest BCUT2D eigenvalue weighted by molar-refractivity contribution is 6.06. The Hall–Kier alpha value is -4.75. The molecule has 3 aliphatic rings. The molecular formula is C39H53FN4O9. The zero-order valence-corrected chi connectivity index (χ0v) is 31.5. The maximum atomic E-state index is 14.7. The minimum atomic E-state index is -1.64. The first kappa shape index (κ1) is 41.0. The molecular weight excluding hydrogens is 687 g/mol. The summed E-state index contributed by atoms with van der Waals surface area (Å²) in [6.07, 6.45) is 3.52. The number of halogens is 1. The molecule has 13 nitrogen and oxygen atoms in total. The lowest BCUT2D eigenvalue weighted by atomic mass is 10.0. The molecule has 14 heteroatoms. The van der Waals surface area contributed by atoms with E-state index in [4.69, 9.17) is 14.2 Å². The molecule has 0 bridgehead atoms. The SMILES string of the molecule is C=CCCCCCC(NC(=O)OC(C)(C)C)C(=O)N1C[C@H](OC(=O)N2Cc3cccc(F)c3C2)C[C@H]1C(=O)N(C(=O)CC)[C@]1(C(=O)OCC)C[C@H]1C=C. The smallest absolute Gasteiger partial charge is 0.410 e. The summed E-state index contributed by atoms with van der Waals surface area (Å²) in [5.74, 6) is -3.90. The lowest BCUT2D eigenvalue weighted by molar-refractivity contribution is -0.166. The summed E-state index contributed by atoms with van der Waals surface area (Å²) in [6, 6.07) is 2.10. The zero-order chi connectivity index (χ0) is 39.1. The van der Waals surface area contributed by atoms with Crippen molar-refractivity contribution in [2.45, 2.75) is 128 Å². The Morgan fingerprint density at radius 1 is 1.09 bits per heavy atom. The Labute approximate surface area is 310 Å². The van der Waals surface area contributed by atoms with Crippen LogP contribution in [0, 0.1) is 11.7 Å². The number of allylic oxidation sites excluding steroid dienone is 1. The van der Waals surface area contributed by atoms with Crippen molar-refractivity contribution in [3.8, 4) is 0 Å². The van der Waals surface area contributed by atoms with Gasteiger partial charge in [-0.1, -0.05) is 44.1 Å². The van der Waals surface area contributed by atoms with Gasteiger partial charge >= 0.3 is 18.2 Å². The predicted molar refractivity (Wildman–Crippen MR) is 192 cm³/mol. The van der Waals surface area contributed by atoms with Crippen molar-refractivity contribution >= 4 is 35.9 Å². The van der Waals surface area contributed by atoms with Crippen molar-refractivity contribution in [3.63, 3.8) is 0 Å². The Balaban J connectivity index is 1.67. The van der Waals surface area contributed by atoms with Crippen molar-refractivity contribution in [1.82, 2.24) is 20.0 Å². The highest BCUT2D eigenvalue weighted by atomic mass is 19.1. The molecule has 5 atom stereocenters. The second-order valence-electron chi connectivity index (χ2n) is 14.7. The van der Waals surface area contributed by atoms with Crippen molar-refractivity contribution in [2.24, 2.45) is 5.92 Å². The summed E-state index contributed by atoms with van der Waals surface area (Å²) >= 11 is 0. The molecule has 1 aliphatic carbocycles. The van der Waals surface area contributed by atoms with E-state index >= 15 is 0 Å². The van der Waals surface area contributed by atoms with E-state index in [0.717, 1.165) is 24.2 Å². The number of amides is 5. The number of carbonyl (C=O) groups is 6. The van der Waals surface area contributed by atoms with Crippen molar-refractivity contribution in [2.75, 3.05) is 13.2 Å². The van der Waals surface area contributed by atoms with E-state index in [9.17, 15) is 33.2 Å². The Bertz CT molecular complexity index is 1590. The molecule has 1 aromatic carbocycles. The maximum Gasteiger partial charge on any atom is 0.410 e. The Morgan fingerprint density at radius 3 is 2.43 bits per heavy atom. The van der Waals surface area contributed by atoms with Gasteiger partial charge in [-0.3, -0.25) is 24.2 Å². The summed E-state index contributed by atoms with van der Waals surface area (Å²) in [5.41, 5.74) is -1.49. The second kappa shape index (κ2) is 17.4. The van der Waals surface area contributed by atoms with Crippen molar-refractivity contribution in [3.05, 3.63) is 60.5 Å². The number of likely N-dealkylation sites (tertiary alicyclic amines) is 1. The Morgan fingerprint density at radius 2 is 1.83 bits per heavy atom. The van der Waals surface area contributed by atoms with Crippen LogP contribution in [0.3, 0.4) is 0 Å². The van der Waals surface area contributed by atoms with Crippen LogP contribution in [0.15, 0.2) is 43.5 Å². The molecule has 2 heterocycles. The molecule has 4 rings (SSSR count). The van der Waals surface area contributed by atoms with Crippen LogP contribution in [0.5, 0.6) is 0 Å². The van der Waals surface area contributed by atoms with Crippen molar-refractivity contribution in [1.29, 1.82) is 0 Å². The highest BCUT2D eigenvalue weighted by Crippen LogP contribution is 2.51. The van der Waals surface area contributed by atoms with Crippen molar-refractivity contribution < 1.29 is 47.4 Å². The molecule has 2 fully saturated rings. The van der Waals surface area contributed by atoms with Crippen LogP contribution < -0.4 is 5.32 Å². The first-order valence-corrected chi connectivity index (χ1v) is 18.4. The predicted octanol–water partition coefficient (Wildman–Crippen LogP) is 5.55. The number of benzene rings is 1. The molecule has 53 heavy (non-hydrogen) atoms. The average Bonchev–Trinajstić information content (AvgIpc) is 3.41. The molecule has 1 N–H and O–H groups in total. The fraction of sp³-hybridized carbons (Fsp3) is 0.590. The van der Waals surface area contributed by atoms with Gasteiger partial charge in [0.1, 0.15) is 29.6 Å². The van der Waals surface area contributed by atoms with Gasteiger partial charge in [-0.25, -0.2) is 18.8 Å². The van der Waals surface area contributed by atoms with Gasteiger partial charge in [0.05, 0.1) is 19.7 Å². The van der Waals surface area contributed by atoms with Gasteiger partial charge in [0, 0.05) is 30.9 Å². The number of nitrogens with one attached hydrogen (secondary N) is 1. The fourth-order valence-electron chi connectivity index (χ4n) is 7.05. The minimum Gasteiger partial charge on any atom is -0.464 e. The first-order chi connectivity index (χ1) is 25.1. The number of ether oxygens (including phenoxy) is 3. The number of unbranched alkanes of at least 4 members (excludes halogenated alkanes) is 3. The van der Waals surface area contributed by atoms with E-state index in [2.05, 4.69) is 18.5 Å². The number of rotatable bonds is 15. The third-order valence-corrected chi connectivity index (χ3v) is 9.74. The highest BCUT2D eigenvalue weighted by Gasteiger charge is 2.68. The van der Waals surface area contributed by atoms with E-state index in [0.29, 0.717) is 17.5 Å². The molecule has 1 saturated heterocycles. The van der Waals surface area contributed by atoms with Crippen LogP contribution in [-0.2, 0) is 46.5 Å². The summed E-state index contributed by atoms with van der Waals surface area (Å²) in [7, 11) is 0. The van der Waals surface area contributed by atoms with Crippen LogP contribution in [0.1, 0.15) is 97.1 Å². The van der Waals surface area contributed by atoms with Crippen LogP contribution in [0.2, 0.25) is 0 Å². The van der Waals surface area contributed by atoms with Gasteiger partial charge in [0.15, 0.2) is 5.54 Å². The van der Waals surface area contributed by atoms with E-state index in [-0.39, 0.29) is 51.9 Å². The van der Waals surface area contributed by atoms with E-state index < -0.39 is 76.9 Å². The maximum absolute atomic E-state index is 14.7. The third kappa shape index (κ3) is 9.44. The summed E-state index contributed by atoms with van der Waals surface area (Å²) in [6.45, 7) is 15.6. The number of alkyl carbamates (subject to hydrolysis) is 1. The number of carbonyl (C=O) groups excluding carboxylic acids is 6. The second-order valence-corrected chi connectivity index (χ2v) is 14.7. The summed E-state index contributed by atoms with van der Waals surface area (Å²) < 4.78 is 31.1. The summed E-state index contributed by atoms with van der Waals surface area (Å²) in [4.78, 5) is 86.2. The first-order valence-electron chi connectivity index (χ1n) is 18.4. The van der Waals surface area contributed by atoms with Crippen LogP contribution in [0.4, 0.5) is 14.0 Å². The normalized spacial score (nSPS) is 22.3.